The zero-order chi connectivity index (χ0) is 18.1. The van der Waals surface area contributed by atoms with E-state index in [1.807, 2.05) is 29.6 Å². The van der Waals surface area contributed by atoms with Gasteiger partial charge in [0.25, 0.3) is 5.91 Å². The number of benzene rings is 1. The molecule has 0 fully saturated rings. The number of urea groups is 1. The van der Waals surface area contributed by atoms with Gasteiger partial charge >= 0.3 is 12.0 Å². The molecule has 3 amide bonds. The Morgan fingerprint density at radius 2 is 2.08 bits per heavy atom. The van der Waals surface area contributed by atoms with Crippen LogP contribution < -0.4 is 10.6 Å². The van der Waals surface area contributed by atoms with E-state index in [9.17, 15) is 14.4 Å². The minimum absolute atomic E-state index is 0.186. The molecule has 0 saturated heterocycles. The summed E-state index contributed by atoms with van der Waals surface area (Å²) in [5.74, 6) is -1.16. The average Bonchev–Trinajstić information content (AvgIpc) is 3.01. The van der Waals surface area contributed by atoms with Crippen LogP contribution in [0.3, 0.4) is 0 Å². The van der Waals surface area contributed by atoms with Crippen molar-refractivity contribution in [3.8, 4) is 0 Å². The van der Waals surface area contributed by atoms with E-state index in [1.54, 1.807) is 11.3 Å². The minimum atomic E-state index is -0.680. The number of imide groups is 1. The largest absolute Gasteiger partial charge is 0.456 e. The summed E-state index contributed by atoms with van der Waals surface area (Å²) in [6.45, 7) is 3.19. The van der Waals surface area contributed by atoms with Gasteiger partial charge in [-0.25, -0.2) is 9.78 Å². The smallest absolute Gasteiger partial charge is 0.321 e. The molecule has 0 unspecified atom stereocenters. The Hall–Kier alpha value is -2.74. The first kappa shape index (κ1) is 18.6. The third-order valence-electron chi connectivity index (χ3n) is 3.13. The number of carbonyl (C=O) groups excluding carboxylic acids is 3. The molecule has 0 atom stereocenters. The van der Waals surface area contributed by atoms with E-state index in [2.05, 4.69) is 16.9 Å². The van der Waals surface area contributed by atoms with Crippen molar-refractivity contribution < 1.29 is 19.1 Å². The molecule has 2 rings (SSSR count). The molecule has 0 spiro atoms. The van der Waals surface area contributed by atoms with Gasteiger partial charge in [0.15, 0.2) is 6.61 Å². The van der Waals surface area contributed by atoms with Crippen molar-refractivity contribution in [1.29, 1.82) is 0 Å². The number of esters is 1. The number of aromatic nitrogens is 1. The lowest BCUT2D eigenvalue weighted by atomic mass is 10.2. The van der Waals surface area contributed by atoms with Crippen LogP contribution in [0.2, 0.25) is 0 Å². The number of nitrogens with zero attached hydrogens (tertiary/aromatic N) is 1. The van der Waals surface area contributed by atoms with E-state index in [4.69, 9.17) is 4.74 Å². The monoisotopic (exact) mass is 361 g/mol. The van der Waals surface area contributed by atoms with Crippen LogP contribution in [0.15, 0.2) is 36.9 Å². The molecular weight excluding hydrogens is 342 g/mol. The van der Waals surface area contributed by atoms with Crippen LogP contribution in [0.1, 0.15) is 17.8 Å². The highest BCUT2D eigenvalue weighted by Crippen LogP contribution is 2.22. The van der Waals surface area contributed by atoms with Gasteiger partial charge in [0.05, 0.1) is 15.2 Å². The summed E-state index contributed by atoms with van der Waals surface area (Å²) in [6.07, 6.45) is 2.92. The lowest BCUT2D eigenvalue weighted by Crippen LogP contribution is -2.41. The van der Waals surface area contributed by atoms with Gasteiger partial charge in [0.1, 0.15) is 0 Å². The highest BCUT2D eigenvalue weighted by molar-refractivity contribution is 7.18. The predicted molar refractivity (Wildman–Crippen MR) is 95.3 cm³/mol. The Balaban J connectivity index is 1.64. The molecule has 0 aliphatic carbocycles. The van der Waals surface area contributed by atoms with Gasteiger partial charge in [-0.05, 0) is 25.0 Å². The Bertz CT molecular complexity index is 739. The molecule has 8 heteroatoms. The number of carbonyl (C=O) groups is 3. The van der Waals surface area contributed by atoms with Gasteiger partial charge < -0.3 is 10.1 Å². The van der Waals surface area contributed by atoms with Gasteiger partial charge in [0.2, 0.25) is 0 Å². The quantitative estimate of drug-likeness (QED) is 0.555. The zero-order valence-electron chi connectivity index (χ0n) is 13.6. The number of hydrogen-bond donors (Lipinski definition) is 2. The number of rotatable bonds is 8. The standard InChI is InChI=1S/C17H19N3O4S/c1-2-10-18-17(23)20-14(21)11-24-16(22)9-5-8-15-19-12-6-3-4-7-13(12)25-15/h2-4,6-7H,1,5,8-11H2,(H2,18,20,21,23). The predicted octanol–water partition coefficient (Wildman–Crippen LogP) is 2.17. The van der Waals surface area contributed by atoms with Gasteiger partial charge in [-0.2, -0.15) is 0 Å². The molecule has 2 aromatic rings. The van der Waals surface area contributed by atoms with Crippen LogP contribution in [0, 0.1) is 0 Å². The van der Waals surface area contributed by atoms with Crippen LogP contribution >= 0.6 is 11.3 Å². The van der Waals surface area contributed by atoms with Gasteiger partial charge in [-0.3, -0.25) is 14.9 Å². The molecule has 25 heavy (non-hydrogen) atoms. The number of aryl methyl sites for hydroxylation is 1. The Morgan fingerprint density at radius 3 is 2.84 bits per heavy atom. The number of ether oxygens (including phenoxy) is 1. The van der Waals surface area contributed by atoms with Crippen LogP contribution in [0.5, 0.6) is 0 Å². The van der Waals surface area contributed by atoms with Gasteiger partial charge in [0, 0.05) is 13.0 Å². The van der Waals surface area contributed by atoms with E-state index in [1.165, 1.54) is 6.08 Å². The number of nitrogens with one attached hydrogen (secondary N) is 2. The fraction of sp³-hybridized carbons (Fsp3) is 0.294. The molecule has 1 heterocycles. The topological polar surface area (TPSA) is 97.4 Å². The Kier molecular flexibility index (Phi) is 7.09. The van der Waals surface area contributed by atoms with E-state index < -0.39 is 24.5 Å². The summed E-state index contributed by atoms with van der Waals surface area (Å²) >= 11 is 1.60. The van der Waals surface area contributed by atoms with Crippen LogP contribution in [0.4, 0.5) is 4.79 Å². The number of thiazole rings is 1. The summed E-state index contributed by atoms with van der Waals surface area (Å²) in [5, 5.41) is 5.39. The number of fused-ring (bicyclic) bond motifs is 1. The fourth-order valence-electron chi connectivity index (χ4n) is 2.00. The fourth-order valence-corrected chi connectivity index (χ4v) is 3.01. The van der Waals surface area contributed by atoms with Crippen molar-refractivity contribution >= 4 is 39.5 Å². The molecule has 132 valence electrons. The molecule has 0 bridgehead atoms. The summed E-state index contributed by atoms with van der Waals surface area (Å²) in [4.78, 5) is 38.8. The number of para-hydroxylation sites is 1. The Labute approximate surface area is 149 Å². The van der Waals surface area contributed by atoms with Crippen LogP contribution in [0.25, 0.3) is 10.2 Å². The third kappa shape index (κ3) is 6.34. The molecule has 2 N–H and O–H groups in total. The summed E-state index contributed by atoms with van der Waals surface area (Å²) < 4.78 is 5.96. The van der Waals surface area contributed by atoms with Crippen LogP contribution in [-0.4, -0.2) is 36.0 Å². The lowest BCUT2D eigenvalue weighted by Gasteiger charge is -2.06. The normalized spacial score (nSPS) is 10.2. The van der Waals surface area contributed by atoms with E-state index >= 15 is 0 Å². The van der Waals surface area contributed by atoms with Crippen molar-refractivity contribution in [3.63, 3.8) is 0 Å². The van der Waals surface area contributed by atoms with Crippen molar-refractivity contribution in [2.24, 2.45) is 0 Å². The van der Waals surface area contributed by atoms with E-state index in [0.717, 1.165) is 15.2 Å². The highest BCUT2D eigenvalue weighted by atomic mass is 32.1. The maximum atomic E-state index is 11.6. The van der Waals surface area contributed by atoms with Crippen LogP contribution in [-0.2, 0) is 20.7 Å². The summed E-state index contributed by atoms with van der Waals surface area (Å²) in [6, 6.07) is 7.20. The molecule has 1 aromatic heterocycles. The minimum Gasteiger partial charge on any atom is -0.456 e. The first-order valence-electron chi connectivity index (χ1n) is 7.77. The second-order valence-electron chi connectivity index (χ2n) is 5.14. The van der Waals surface area contributed by atoms with Crippen molar-refractivity contribution in [2.75, 3.05) is 13.2 Å². The molecule has 0 aliphatic heterocycles. The summed E-state index contributed by atoms with van der Waals surface area (Å²) in [5.41, 5.74) is 0.955. The molecule has 0 aliphatic rings. The van der Waals surface area contributed by atoms with Crippen molar-refractivity contribution in [1.82, 2.24) is 15.6 Å². The molecule has 1 aromatic carbocycles. The second kappa shape index (κ2) is 9.53. The molecular formula is C17H19N3O4S. The number of hydrogen-bond acceptors (Lipinski definition) is 6. The maximum absolute atomic E-state index is 11.6. The maximum Gasteiger partial charge on any atom is 0.321 e. The molecule has 7 nitrogen and oxygen atoms in total. The molecule has 0 radical (unpaired) electrons. The first-order chi connectivity index (χ1) is 12.1. The Morgan fingerprint density at radius 1 is 1.28 bits per heavy atom. The lowest BCUT2D eigenvalue weighted by molar-refractivity contribution is -0.148. The first-order valence-corrected chi connectivity index (χ1v) is 8.59. The third-order valence-corrected chi connectivity index (χ3v) is 4.23. The number of amides is 3. The second-order valence-corrected chi connectivity index (χ2v) is 6.25. The average molecular weight is 361 g/mol. The van der Waals surface area contributed by atoms with Gasteiger partial charge in [-0.15, -0.1) is 17.9 Å². The van der Waals surface area contributed by atoms with Crippen molar-refractivity contribution in [2.45, 2.75) is 19.3 Å². The highest BCUT2D eigenvalue weighted by Gasteiger charge is 2.11. The van der Waals surface area contributed by atoms with E-state index in [0.29, 0.717) is 12.8 Å². The zero-order valence-corrected chi connectivity index (χ0v) is 14.4. The van der Waals surface area contributed by atoms with Gasteiger partial charge in [-0.1, -0.05) is 18.2 Å². The van der Waals surface area contributed by atoms with Crippen molar-refractivity contribution in [3.05, 3.63) is 41.9 Å². The van der Waals surface area contributed by atoms with E-state index in [-0.39, 0.29) is 13.0 Å². The molecule has 0 saturated carbocycles. The summed E-state index contributed by atoms with van der Waals surface area (Å²) in [7, 11) is 0. The SMILES string of the molecule is C=CCNC(=O)NC(=O)COC(=O)CCCc1nc2ccccc2s1.